The van der Waals surface area contributed by atoms with Gasteiger partial charge in [-0.2, -0.15) is 0 Å². The maximum absolute atomic E-state index is 12.8. The molecule has 1 saturated carbocycles. The molecule has 2 aromatic carbocycles. The lowest BCUT2D eigenvalue weighted by atomic mass is 10.0. The SMILES string of the molecule is CC1CC(CN)CN1C(=O)C1CC1c1ccc2ccccc2c1. The summed E-state index contributed by atoms with van der Waals surface area (Å²) in [6, 6.07) is 15.4. The third-order valence-corrected chi connectivity index (χ3v) is 5.59. The number of hydrogen-bond acceptors (Lipinski definition) is 2. The van der Waals surface area contributed by atoms with E-state index >= 15 is 0 Å². The Morgan fingerprint density at radius 2 is 1.96 bits per heavy atom. The lowest BCUT2D eigenvalue weighted by Gasteiger charge is -2.21. The molecule has 2 fully saturated rings. The molecule has 1 heterocycles. The van der Waals surface area contributed by atoms with Crippen molar-refractivity contribution in [2.45, 2.75) is 31.7 Å². The molecular formula is C20H24N2O. The first kappa shape index (κ1) is 14.7. The number of likely N-dealkylation sites (tertiary alicyclic amines) is 1. The molecular weight excluding hydrogens is 284 g/mol. The van der Waals surface area contributed by atoms with Crippen LogP contribution in [0.5, 0.6) is 0 Å². The molecule has 2 aromatic rings. The van der Waals surface area contributed by atoms with Gasteiger partial charge in [0.05, 0.1) is 0 Å². The van der Waals surface area contributed by atoms with Crippen LogP contribution in [0.2, 0.25) is 0 Å². The molecule has 3 nitrogen and oxygen atoms in total. The number of hydrogen-bond donors (Lipinski definition) is 1. The third kappa shape index (κ3) is 2.63. The Bertz CT molecular complexity index is 741. The molecule has 120 valence electrons. The van der Waals surface area contributed by atoms with Gasteiger partial charge in [0.15, 0.2) is 0 Å². The van der Waals surface area contributed by atoms with E-state index in [-0.39, 0.29) is 5.92 Å². The standard InChI is InChI=1S/C20H24N2O/c1-13-8-14(11-21)12-22(13)20(23)19-10-18(19)17-7-6-15-4-2-3-5-16(15)9-17/h2-7,9,13-14,18-19H,8,10-12,21H2,1H3. The van der Waals surface area contributed by atoms with Crippen molar-refractivity contribution in [3.05, 3.63) is 48.0 Å². The molecule has 1 saturated heterocycles. The number of benzene rings is 2. The second kappa shape index (κ2) is 5.64. The van der Waals surface area contributed by atoms with Crippen LogP contribution in [0.25, 0.3) is 10.8 Å². The fourth-order valence-electron chi connectivity index (χ4n) is 4.11. The highest BCUT2D eigenvalue weighted by Crippen LogP contribution is 2.49. The molecule has 0 radical (unpaired) electrons. The Morgan fingerprint density at radius 1 is 1.17 bits per heavy atom. The Kier molecular flexibility index (Phi) is 3.61. The summed E-state index contributed by atoms with van der Waals surface area (Å²) < 4.78 is 0. The second-order valence-corrected chi connectivity index (χ2v) is 7.23. The Balaban J connectivity index is 1.49. The molecule has 2 aliphatic rings. The molecule has 4 atom stereocenters. The van der Waals surface area contributed by atoms with Gasteiger partial charge in [0.2, 0.25) is 5.91 Å². The van der Waals surface area contributed by atoms with Gasteiger partial charge in [0.25, 0.3) is 0 Å². The molecule has 2 N–H and O–H groups in total. The molecule has 23 heavy (non-hydrogen) atoms. The van der Waals surface area contributed by atoms with Gasteiger partial charge in [-0.05, 0) is 54.5 Å². The minimum atomic E-state index is 0.176. The van der Waals surface area contributed by atoms with E-state index in [0.29, 0.717) is 30.3 Å². The summed E-state index contributed by atoms with van der Waals surface area (Å²) in [6.45, 7) is 3.69. The molecule has 1 aliphatic carbocycles. The zero-order valence-electron chi connectivity index (χ0n) is 13.6. The number of fused-ring (bicyclic) bond motifs is 1. The first-order valence-electron chi connectivity index (χ1n) is 8.66. The summed E-state index contributed by atoms with van der Waals surface area (Å²) in [4.78, 5) is 14.9. The molecule has 4 unspecified atom stereocenters. The first-order chi connectivity index (χ1) is 11.2. The fourth-order valence-corrected chi connectivity index (χ4v) is 4.11. The lowest BCUT2D eigenvalue weighted by molar-refractivity contribution is -0.133. The molecule has 0 aromatic heterocycles. The van der Waals surface area contributed by atoms with Gasteiger partial charge in [0, 0.05) is 18.5 Å². The lowest BCUT2D eigenvalue weighted by Crippen LogP contribution is -2.35. The monoisotopic (exact) mass is 308 g/mol. The van der Waals surface area contributed by atoms with E-state index in [2.05, 4.69) is 54.3 Å². The Morgan fingerprint density at radius 3 is 2.70 bits per heavy atom. The highest BCUT2D eigenvalue weighted by atomic mass is 16.2. The molecule has 3 heteroatoms. The number of amides is 1. The fraction of sp³-hybridized carbons (Fsp3) is 0.450. The van der Waals surface area contributed by atoms with Crippen LogP contribution in [-0.4, -0.2) is 29.9 Å². The Hall–Kier alpha value is -1.87. The van der Waals surface area contributed by atoms with Crippen molar-refractivity contribution in [2.75, 3.05) is 13.1 Å². The minimum Gasteiger partial charge on any atom is -0.339 e. The van der Waals surface area contributed by atoms with Crippen molar-refractivity contribution in [3.8, 4) is 0 Å². The molecule has 1 aliphatic heterocycles. The number of nitrogens with two attached hydrogens (primary N) is 1. The van der Waals surface area contributed by atoms with Gasteiger partial charge in [-0.1, -0.05) is 42.5 Å². The van der Waals surface area contributed by atoms with Gasteiger partial charge < -0.3 is 10.6 Å². The number of nitrogens with zero attached hydrogens (tertiary/aromatic N) is 1. The van der Waals surface area contributed by atoms with E-state index in [1.54, 1.807) is 0 Å². The number of carbonyl (C=O) groups is 1. The predicted octanol–water partition coefficient (Wildman–Crippen LogP) is 3.14. The van der Waals surface area contributed by atoms with Gasteiger partial charge >= 0.3 is 0 Å². The van der Waals surface area contributed by atoms with E-state index < -0.39 is 0 Å². The van der Waals surface area contributed by atoms with Crippen molar-refractivity contribution >= 4 is 16.7 Å². The number of rotatable bonds is 3. The summed E-state index contributed by atoms with van der Waals surface area (Å²) in [5.74, 6) is 1.39. The minimum absolute atomic E-state index is 0.176. The summed E-state index contributed by atoms with van der Waals surface area (Å²) >= 11 is 0. The highest BCUT2D eigenvalue weighted by molar-refractivity contribution is 5.86. The van der Waals surface area contributed by atoms with Crippen LogP contribution in [0.1, 0.15) is 31.2 Å². The molecule has 0 spiro atoms. The van der Waals surface area contributed by atoms with Crippen LogP contribution in [-0.2, 0) is 4.79 Å². The summed E-state index contributed by atoms with van der Waals surface area (Å²) in [5.41, 5.74) is 7.09. The first-order valence-corrected chi connectivity index (χ1v) is 8.66. The van der Waals surface area contributed by atoms with Crippen molar-refractivity contribution in [1.82, 2.24) is 4.90 Å². The Labute approximate surface area is 137 Å². The highest BCUT2D eigenvalue weighted by Gasteiger charge is 2.47. The van der Waals surface area contributed by atoms with E-state index in [0.717, 1.165) is 19.4 Å². The smallest absolute Gasteiger partial charge is 0.226 e. The maximum Gasteiger partial charge on any atom is 0.226 e. The van der Waals surface area contributed by atoms with E-state index in [4.69, 9.17) is 5.73 Å². The van der Waals surface area contributed by atoms with Crippen molar-refractivity contribution < 1.29 is 4.79 Å². The van der Waals surface area contributed by atoms with Gasteiger partial charge in [-0.3, -0.25) is 4.79 Å². The van der Waals surface area contributed by atoms with Crippen LogP contribution in [0, 0.1) is 11.8 Å². The van der Waals surface area contributed by atoms with Crippen LogP contribution in [0.15, 0.2) is 42.5 Å². The average molecular weight is 308 g/mol. The van der Waals surface area contributed by atoms with Crippen molar-refractivity contribution in [3.63, 3.8) is 0 Å². The van der Waals surface area contributed by atoms with Crippen molar-refractivity contribution in [1.29, 1.82) is 0 Å². The zero-order chi connectivity index (χ0) is 16.0. The molecule has 1 amide bonds. The summed E-state index contributed by atoms with van der Waals surface area (Å²) in [7, 11) is 0. The summed E-state index contributed by atoms with van der Waals surface area (Å²) in [6.07, 6.45) is 2.04. The van der Waals surface area contributed by atoms with Gasteiger partial charge in [-0.25, -0.2) is 0 Å². The molecule has 4 rings (SSSR count). The number of carbonyl (C=O) groups excluding carboxylic acids is 1. The van der Waals surface area contributed by atoms with E-state index in [1.807, 2.05) is 0 Å². The average Bonchev–Trinajstić information content (AvgIpc) is 3.29. The van der Waals surface area contributed by atoms with Crippen LogP contribution in [0.4, 0.5) is 0 Å². The third-order valence-electron chi connectivity index (χ3n) is 5.59. The second-order valence-electron chi connectivity index (χ2n) is 7.23. The van der Waals surface area contributed by atoms with E-state index in [1.165, 1.54) is 16.3 Å². The van der Waals surface area contributed by atoms with Crippen LogP contribution < -0.4 is 5.73 Å². The van der Waals surface area contributed by atoms with E-state index in [9.17, 15) is 4.79 Å². The molecule has 0 bridgehead atoms. The maximum atomic E-state index is 12.8. The largest absolute Gasteiger partial charge is 0.339 e. The van der Waals surface area contributed by atoms with Gasteiger partial charge in [-0.15, -0.1) is 0 Å². The predicted molar refractivity (Wildman–Crippen MR) is 93.1 cm³/mol. The van der Waals surface area contributed by atoms with Crippen LogP contribution >= 0.6 is 0 Å². The van der Waals surface area contributed by atoms with Gasteiger partial charge in [0.1, 0.15) is 0 Å². The summed E-state index contributed by atoms with van der Waals surface area (Å²) in [5, 5.41) is 2.53. The normalized spacial score (nSPS) is 29.9. The topological polar surface area (TPSA) is 46.3 Å². The zero-order valence-corrected chi connectivity index (χ0v) is 13.6. The van der Waals surface area contributed by atoms with Crippen molar-refractivity contribution in [2.24, 2.45) is 17.6 Å². The quantitative estimate of drug-likeness (QED) is 0.947. The van der Waals surface area contributed by atoms with Crippen LogP contribution in [0.3, 0.4) is 0 Å².